The number of fused-ring (bicyclic) bond motifs is 1. The summed E-state index contributed by atoms with van der Waals surface area (Å²) in [5.74, 6) is 9.28. The highest BCUT2D eigenvalue weighted by atomic mass is 32.2. The van der Waals surface area contributed by atoms with Crippen molar-refractivity contribution in [2.45, 2.75) is 19.9 Å². The van der Waals surface area contributed by atoms with Crippen molar-refractivity contribution in [2.75, 3.05) is 16.7 Å². The molecule has 4 heterocycles. The summed E-state index contributed by atoms with van der Waals surface area (Å²) in [6.07, 6.45) is 7.64. The molecule has 0 aliphatic carbocycles. The molecule has 246 valence electrons. The largest absolute Gasteiger partial charge is 0.382 e. The molecule has 4 N–H and O–H groups in total. The molecule has 0 aliphatic heterocycles. The van der Waals surface area contributed by atoms with Gasteiger partial charge < -0.3 is 15.8 Å². The third-order valence-electron chi connectivity index (χ3n) is 7.83. The number of anilines is 2. The van der Waals surface area contributed by atoms with E-state index in [1.165, 1.54) is 18.6 Å². The predicted octanol–water partition coefficient (Wildman–Crippen LogP) is 4.03. The van der Waals surface area contributed by atoms with Crippen molar-refractivity contribution >= 4 is 43.8 Å². The summed E-state index contributed by atoms with van der Waals surface area (Å²) in [4.78, 5) is 41.0. The van der Waals surface area contributed by atoms with E-state index >= 15 is 0 Å². The molecule has 2 atom stereocenters. The van der Waals surface area contributed by atoms with Gasteiger partial charge in [0, 0.05) is 51.7 Å². The van der Waals surface area contributed by atoms with E-state index in [0.717, 1.165) is 11.3 Å². The standard InChI is InChI=1S/C36H33N9O3S/c1-22(41-35(46)33-34(37)39-21-30(42-33)27-16-28(20-38-18-27)43-49(4,5)48)31-17-25-11-9-10-24(14-15-26-19-40-44(3)23(26)2)32(25)36(47)45(31)29-12-7-6-8-13-29/h6-13,16-22H,4H2,1-3,5H3,(H2,37,39)(H,41,46)(H,43,48)/t22-,49?/m0/s1. The van der Waals surface area contributed by atoms with Gasteiger partial charge in [-0.1, -0.05) is 42.2 Å². The molecule has 6 aromatic rings. The fourth-order valence-corrected chi connectivity index (χ4v) is 5.94. The summed E-state index contributed by atoms with van der Waals surface area (Å²) in [7, 11) is -0.698. The zero-order chi connectivity index (χ0) is 34.9. The van der Waals surface area contributed by atoms with Gasteiger partial charge in [0.1, 0.15) is 0 Å². The zero-order valence-corrected chi connectivity index (χ0v) is 28.1. The first-order valence-corrected chi connectivity index (χ1v) is 17.3. The van der Waals surface area contributed by atoms with Crippen LogP contribution in [-0.4, -0.2) is 51.5 Å². The number of amides is 1. The Kier molecular flexibility index (Phi) is 8.73. The van der Waals surface area contributed by atoms with Gasteiger partial charge in [-0.15, -0.1) is 0 Å². The third-order valence-corrected chi connectivity index (χ3v) is 8.50. The molecule has 0 bridgehead atoms. The third kappa shape index (κ3) is 6.90. The van der Waals surface area contributed by atoms with Crippen LogP contribution in [0.1, 0.15) is 46.0 Å². The number of carbonyl (C=O) groups is 1. The van der Waals surface area contributed by atoms with Gasteiger partial charge in [0.2, 0.25) is 0 Å². The number of hydrogen-bond donors (Lipinski definition) is 3. The van der Waals surface area contributed by atoms with Gasteiger partial charge >= 0.3 is 0 Å². The summed E-state index contributed by atoms with van der Waals surface area (Å²) < 4.78 is 18.3. The highest BCUT2D eigenvalue weighted by Crippen LogP contribution is 2.25. The number of carbonyl (C=O) groups excluding carboxylic acids is 1. The Labute approximate surface area is 283 Å². The maximum absolute atomic E-state index is 14.4. The van der Waals surface area contributed by atoms with Gasteiger partial charge in [-0.3, -0.25) is 23.8 Å². The molecule has 1 unspecified atom stereocenters. The smallest absolute Gasteiger partial charge is 0.274 e. The molecule has 49 heavy (non-hydrogen) atoms. The second-order valence-corrected chi connectivity index (χ2v) is 13.8. The Hall–Kier alpha value is -6.26. The molecule has 12 nitrogen and oxygen atoms in total. The minimum absolute atomic E-state index is 0.0731. The van der Waals surface area contributed by atoms with Crippen molar-refractivity contribution in [2.24, 2.45) is 7.05 Å². The lowest BCUT2D eigenvalue weighted by molar-refractivity contribution is 0.0934. The average molecular weight is 672 g/mol. The SMILES string of the molecule is C=S(C)(=O)Nc1cncc(-c2cnc(N)c(C(=O)N[C@@H](C)c3cc4cccc(C#Cc5cnn(C)c5C)c4c(=O)n3-c3ccccc3)n2)c1. The molecular formula is C36H33N9O3S. The van der Waals surface area contributed by atoms with Crippen molar-refractivity contribution in [1.82, 2.24) is 34.6 Å². The van der Waals surface area contributed by atoms with Crippen LogP contribution < -0.4 is 21.3 Å². The average Bonchev–Trinajstić information content (AvgIpc) is 3.39. The second-order valence-electron chi connectivity index (χ2n) is 11.6. The Bertz CT molecular complexity index is 2480. The number of benzene rings is 2. The monoisotopic (exact) mass is 671 g/mol. The number of nitrogen functional groups attached to an aromatic ring is 1. The number of aromatic nitrogens is 6. The summed E-state index contributed by atoms with van der Waals surface area (Å²) in [5, 5.41) is 8.34. The molecule has 0 fully saturated rings. The van der Waals surface area contributed by atoms with Crippen LogP contribution in [0.4, 0.5) is 11.5 Å². The maximum Gasteiger partial charge on any atom is 0.274 e. The van der Waals surface area contributed by atoms with Crippen molar-refractivity contribution < 1.29 is 9.00 Å². The minimum atomic E-state index is -2.55. The lowest BCUT2D eigenvalue weighted by Gasteiger charge is -2.21. The Morgan fingerprint density at radius 1 is 1.02 bits per heavy atom. The van der Waals surface area contributed by atoms with Gasteiger partial charge in [-0.25, -0.2) is 14.2 Å². The van der Waals surface area contributed by atoms with Crippen molar-refractivity contribution in [3.63, 3.8) is 0 Å². The molecule has 0 saturated carbocycles. The van der Waals surface area contributed by atoms with Crippen LogP contribution in [0.3, 0.4) is 0 Å². The van der Waals surface area contributed by atoms with Crippen LogP contribution in [-0.2, 0) is 16.8 Å². The topological polar surface area (TPSA) is 163 Å². The van der Waals surface area contributed by atoms with Gasteiger partial charge in [0.05, 0.1) is 52.7 Å². The molecular weight excluding hydrogens is 639 g/mol. The van der Waals surface area contributed by atoms with Gasteiger partial charge in [-0.2, -0.15) is 5.10 Å². The van der Waals surface area contributed by atoms with Crippen LogP contribution in [0.25, 0.3) is 27.7 Å². The quantitative estimate of drug-likeness (QED) is 0.169. The van der Waals surface area contributed by atoms with Gasteiger partial charge in [0.15, 0.2) is 11.5 Å². The van der Waals surface area contributed by atoms with Crippen molar-refractivity contribution in [3.8, 4) is 28.8 Å². The number of hydrogen-bond acceptors (Lipinski definition) is 8. The van der Waals surface area contributed by atoms with Crippen LogP contribution in [0.2, 0.25) is 0 Å². The van der Waals surface area contributed by atoms with E-state index in [9.17, 15) is 13.8 Å². The second kappa shape index (κ2) is 13.1. The summed E-state index contributed by atoms with van der Waals surface area (Å²) in [5.41, 5.74) is 10.5. The van der Waals surface area contributed by atoms with E-state index in [1.54, 1.807) is 34.6 Å². The molecule has 13 heteroatoms. The highest BCUT2D eigenvalue weighted by Gasteiger charge is 2.22. The normalized spacial score (nSPS) is 12.8. The molecule has 1 amide bonds. The van der Waals surface area contributed by atoms with Crippen molar-refractivity contribution in [3.05, 3.63) is 124 Å². The fourth-order valence-electron chi connectivity index (χ4n) is 5.33. The maximum atomic E-state index is 14.4. The van der Waals surface area contributed by atoms with Crippen LogP contribution in [0.15, 0.2) is 90.2 Å². The highest BCUT2D eigenvalue weighted by molar-refractivity contribution is 8.00. The number of rotatable bonds is 7. The van der Waals surface area contributed by atoms with E-state index in [-0.39, 0.29) is 17.1 Å². The van der Waals surface area contributed by atoms with E-state index < -0.39 is 21.7 Å². The van der Waals surface area contributed by atoms with Crippen LogP contribution in [0, 0.1) is 18.8 Å². The summed E-state index contributed by atoms with van der Waals surface area (Å²) in [6, 6.07) is 17.6. The Morgan fingerprint density at radius 2 is 1.78 bits per heavy atom. The lowest BCUT2D eigenvalue weighted by atomic mass is 10.0. The fraction of sp³-hybridized carbons (Fsp3) is 0.139. The van der Waals surface area contributed by atoms with Crippen molar-refractivity contribution in [1.29, 1.82) is 0 Å². The molecule has 0 spiro atoms. The van der Waals surface area contributed by atoms with E-state index in [1.807, 2.05) is 68.6 Å². The van der Waals surface area contributed by atoms with E-state index in [4.69, 9.17) is 5.73 Å². The Balaban J connectivity index is 1.39. The number of nitrogens with zero attached hydrogens (tertiary/aromatic N) is 6. The zero-order valence-electron chi connectivity index (χ0n) is 27.3. The first kappa shape index (κ1) is 32.7. The molecule has 0 saturated heterocycles. The number of nitrogens with one attached hydrogen (secondary N) is 2. The van der Waals surface area contributed by atoms with E-state index in [2.05, 4.69) is 47.8 Å². The van der Waals surface area contributed by atoms with Crippen LogP contribution in [0.5, 0.6) is 0 Å². The summed E-state index contributed by atoms with van der Waals surface area (Å²) >= 11 is 0. The predicted molar refractivity (Wildman–Crippen MR) is 194 cm³/mol. The van der Waals surface area contributed by atoms with Gasteiger partial charge in [-0.05, 0) is 55.4 Å². The number of para-hydroxylation sites is 1. The number of pyridine rings is 2. The van der Waals surface area contributed by atoms with Crippen LogP contribution >= 0.6 is 0 Å². The van der Waals surface area contributed by atoms with Gasteiger partial charge in [0.25, 0.3) is 11.5 Å². The first-order valence-electron chi connectivity index (χ1n) is 15.1. The summed E-state index contributed by atoms with van der Waals surface area (Å²) in [6.45, 7) is 3.71. The Morgan fingerprint density at radius 3 is 2.49 bits per heavy atom. The lowest BCUT2D eigenvalue weighted by Crippen LogP contribution is -2.33. The van der Waals surface area contributed by atoms with E-state index in [0.29, 0.717) is 44.7 Å². The molecule has 6 rings (SSSR count). The number of nitrogens with two attached hydrogens (primary N) is 1. The number of aryl methyl sites for hydroxylation is 1. The molecule has 0 aliphatic rings. The molecule has 4 aromatic heterocycles. The molecule has 0 radical (unpaired) electrons. The minimum Gasteiger partial charge on any atom is -0.382 e. The molecule has 2 aromatic carbocycles. The first-order chi connectivity index (χ1) is 23.4.